The van der Waals surface area contributed by atoms with Crippen LogP contribution in [0.4, 0.5) is 22.0 Å². The summed E-state index contributed by atoms with van der Waals surface area (Å²) in [4.78, 5) is 14.3. The summed E-state index contributed by atoms with van der Waals surface area (Å²) >= 11 is 1.38. The SMILES string of the molecule is CC(=O)O[C@H]1CC[C@H]2[C@@H]3[C@H](CCCCCN(C)CCC(CSCCCC(F)(F)C(F)(F)F)OC4CCCCO4)Cc4ccccc4[C@H]3CC[C@]12C. The minimum absolute atomic E-state index is 0.0318. The Labute approximate surface area is 306 Å². The van der Waals surface area contributed by atoms with Gasteiger partial charge in [-0.3, -0.25) is 4.79 Å². The second-order valence-electron chi connectivity index (χ2n) is 16.0. The fourth-order valence-corrected chi connectivity index (χ4v) is 10.8. The Balaban J connectivity index is 1.07. The van der Waals surface area contributed by atoms with E-state index in [1.54, 1.807) is 12.5 Å². The average molecular weight is 746 g/mol. The third kappa shape index (κ3) is 10.6. The summed E-state index contributed by atoms with van der Waals surface area (Å²) in [5.41, 5.74) is 3.14. The van der Waals surface area contributed by atoms with E-state index in [0.29, 0.717) is 36.0 Å². The number of hydrogen-bond donors (Lipinski definition) is 0. The number of nitrogens with zero attached hydrogens (tertiary/aromatic N) is 1. The standard InChI is InChI=1S/C40H60F5NO4S/c1-28(47)49-35-17-16-34-37-30(26-29-12-6-7-14-32(29)33(37)18-21-38(34,35)2)13-5-4-9-22-46(3)23-19-31(50-36-15-8-10-24-48-36)27-51-25-11-20-39(41,42)40(43,44)45/h6-7,12,14,30-31,33-37H,4-5,8-11,13,15-27H2,1-3H3/t30-,31?,33-,34+,35+,36?,37-,38+/m1/s1. The van der Waals surface area contributed by atoms with Gasteiger partial charge in [-0.25, -0.2) is 0 Å². The number of benzene rings is 1. The molecule has 0 bridgehead atoms. The van der Waals surface area contributed by atoms with Gasteiger partial charge in [0, 0.05) is 37.7 Å². The van der Waals surface area contributed by atoms with E-state index >= 15 is 0 Å². The van der Waals surface area contributed by atoms with Crippen molar-refractivity contribution in [3.63, 3.8) is 0 Å². The summed E-state index contributed by atoms with van der Waals surface area (Å²) in [7, 11) is 2.12. The molecule has 8 atom stereocenters. The van der Waals surface area contributed by atoms with Gasteiger partial charge < -0.3 is 19.1 Å². The Kier molecular flexibility index (Phi) is 14.6. The number of carbonyl (C=O) groups excluding carboxylic acids is 1. The summed E-state index contributed by atoms with van der Waals surface area (Å²) in [5.74, 6) is -1.59. The number of fused-ring (bicyclic) bond motifs is 5. The fourth-order valence-electron chi connectivity index (χ4n) is 9.77. The largest absolute Gasteiger partial charge is 0.462 e. The lowest BCUT2D eigenvalue weighted by Gasteiger charge is -2.53. The van der Waals surface area contributed by atoms with Crippen LogP contribution in [-0.2, 0) is 25.4 Å². The van der Waals surface area contributed by atoms with E-state index in [9.17, 15) is 26.7 Å². The molecule has 3 fully saturated rings. The number of alkyl halides is 5. The van der Waals surface area contributed by atoms with Crippen LogP contribution in [0.2, 0.25) is 0 Å². The Morgan fingerprint density at radius 1 is 1.04 bits per heavy atom. The lowest BCUT2D eigenvalue weighted by molar-refractivity contribution is -0.284. The van der Waals surface area contributed by atoms with Gasteiger partial charge in [0.2, 0.25) is 0 Å². The number of carbonyl (C=O) groups is 1. The lowest BCUT2D eigenvalue weighted by atomic mass is 9.52. The van der Waals surface area contributed by atoms with Gasteiger partial charge >= 0.3 is 18.1 Å². The molecule has 0 radical (unpaired) electrons. The fraction of sp³-hybridized carbons (Fsp3) is 0.825. The molecular weight excluding hydrogens is 685 g/mol. The van der Waals surface area contributed by atoms with Crippen LogP contribution in [0.1, 0.15) is 121 Å². The molecule has 1 heterocycles. The van der Waals surface area contributed by atoms with Gasteiger partial charge in [-0.05, 0) is 131 Å². The van der Waals surface area contributed by atoms with E-state index in [2.05, 4.69) is 43.1 Å². The third-order valence-electron chi connectivity index (χ3n) is 12.5. The van der Waals surface area contributed by atoms with Crippen LogP contribution in [-0.4, -0.2) is 79.7 Å². The van der Waals surface area contributed by atoms with E-state index in [4.69, 9.17) is 14.2 Å². The highest BCUT2D eigenvalue weighted by atomic mass is 32.2. The highest BCUT2D eigenvalue weighted by Gasteiger charge is 2.58. The Hall–Kier alpha value is -1.43. The maximum Gasteiger partial charge on any atom is 0.453 e. The quantitative estimate of drug-likeness (QED) is 0.0847. The predicted molar refractivity (Wildman–Crippen MR) is 192 cm³/mol. The van der Waals surface area contributed by atoms with Crippen LogP contribution in [0, 0.1) is 23.2 Å². The molecule has 0 N–H and O–H groups in total. The monoisotopic (exact) mass is 745 g/mol. The number of esters is 1. The highest BCUT2D eigenvalue weighted by molar-refractivity contribution is 7.99. The van der Waals surface area contributed by atoms with E-state index in [1.165, 1.54) is 30.2 Å². The molecule has 1 aromatic carbocycles. The van der Waals surface area contributed by atoms with Crippen molar-refractivity contribution in [3.8, 4) is 0 Å². The van der Waals surface area contributed by atoms with E-state index < -0.39 is 18.5 Å². The molecule has 4 aliphatic rings. The summed E-state index contributed by atoms with van der Waals surface area (Å²) in [6.45, 7) is 6.37. The first-order chi connectivity index (χ1) is 24.3. The number of rotatable bonds is 18. The van der Waals surface area contributed by atoms with Gasteiger partial charge in [0.25, 0.3) is 0 Å². The topological polar surface area (TPSA) is 48.0 Å². The number of thioether (sulfide) groups is 1. The van der Waals surface area contributed by atoms with Crippen molar-refractivity contribution in [2.45, 2.75) is 147 Å². The minimum atomic E-state index is -5.50. The molecule has 2 unspecified atom stereocenters. The van der Waals surface area contributed by atoms with Crippen molar-refractivity contribution in [1.29, 1.82) is 0 Å². The van der Waals surface area contributed by atoms with Crippen molar-refractivity contribution in [2.75, 3.05) is 38.2 Å². The molecule has 3 aliphatic carbocycles. The van der Waals surface area contributed by atoms with Crippen molar-refractivity contribution < 1.29 is 41.0 Å². The highest BCUT2D eigenvalue weighted by Crippen LogP contribution is 2.63. The summed E-state index contributed by atoms with van der Waals surface area (Å²) in [5, 5.41) is 0. The van der Waals surface area contributed by atoms with Gasteiger partial charge in [-0.2, -0.15) is 33.7 Å². The van der Waals surface area contributed by atoms with Crippen LogP contribution in [0.15, 0.2) is 24.3 Å². The molecule has 11 heteroatoms. The molecule has 0 amide bonds. The zero-order valence-corrected chi connectivity index (χ0v) is 31.7. The molecule has 1 saturated heterocycles. The van der Waals surface area contributed by atoms with Crippen molar-refractivity contribution in [1.82, 2.24) is 4.90 Å². The van der Waals surface area contributed by atoms with Crippen molar-refractivity contribution in [3.05, 3.63) is 35.4 Å². The smallest absolute Gasteiger partial charge is 0.453 e. The van der Waals surface area contributed by atoms with Crippen molar-refractivity contribution in [2.24, 2.45) is 23.2 Å². The normalized spacial score (nSPS) is 30.1. The van der Waals surface area contributed by atoms with Gasteiger partial charge in [0.05, 0.1) is 6.10 Å². The second-order valence-corrected chi connectivity index (χ2v) is 17.2. The number of halogens is 5. The van der Waals surface area contributed by atoms with Gasteiger partial charge in [0.15, 0.2) is 6.29 Å². The molecule has 0 spiro atoms. The molecule has 290 valence electrons. The third-order valence-corrected chi connectivity index (χ3v) is 13.6. The average Bonchev–Trinajstić information content (AvgIpc) is 3.41. The molecule has 2 saturated carbocycles. The first-order valence-electron chi connectivity index (χ1n) is 19.5. The van der Waals surface area contributed by atoms with E-state index in [0.717, 1.165) is 83.7 Å². The van der Waals surface area contributed by atoms with Crippen molar-refractivity contribution >= 4 is 17.7 Å². The Bertz CT molecular complexity index is 1250. The van der Waals surface area contributed by atoms with E-state index in [-0.39, 0.29) is 42.1 Å². The van der Waals surface area contributed by atoms with Crippen LogP contribution in [0.5, 0.6) is 0 Å². The predicted octanol–water partition coefficient (Wildman–Crippen LogP) is 10.2. The minimum Gasteiger partial charge on any atom is -0.462 e. The van der Waals surface area contributed by atoms with Crippen LogP contribution in [0.3, 0.4) is 0 Å². The molecule has 0 aromatic heterocycles. The first kappa shape index (κ1) is 40.7. The first-order valence-corrected chi connectivity index (χ1v) is 20.7. The van der Waals surface area contributed by atoms with Crippen LogP contribution in [0.25, 0.3) is 0 Å². The second kappa shape index (κ2) is 18.3. The van der Waals surface area contributed by atoms with Gasteiger partial charge in [0.1, 0.15) is 6.10 Å². The maximum atomic E-state index is 13.3. The molecule has 1 aliphatic heterocycles. The summed E-state index contributed by atoms with van der Waals surface area (Å²) in [6, 6.07) is 9.07. The zero-order chi connectivity index (χ0) is 36.6. The number of unbranched alkanes of at least 4 members (excludes halogenated alkanes) is 2. The number of hydrogen-bond acceptors (Lipinski definition) is 6. The molecule has 1 aromatic rings. The number of ether oxygens (including phenoxy) is 3. The zero-order valence-electron chi connectivity index (χ0n) is 30.9. The Morgan fingerprint density at radius 3 is 2.59 bits per heavy atom. The van der Waals surface area contributed by atoms with Crippen LogP contribution < -0.4 is 0 Å². The summed E-state index contributed by atoms with van der Waals surface area (Å²) < 4.78 is 82.1. The molecule has 51 heavy (non-hydrogen) atoms. The van der Waals surface area contributed by atoms with Gasteiger partial charge in [-0.15, -0.1) is 0 Å². The maximum absolute atomic E-state index is 13.3. The summed E-state index contributed by atoms with van der Waals surface area (Å²) in [6.07, 6.45) is 6.51. The van der Waals surface area contributed by atoms with E-state index in [1.807, 2.05) is 0 Å². The Morgan fingerprint density at radius 2 is 1.84 bits per heavy atom. The lowest BCUT2D eigenvalue weighted by Crippen LogP contribution is -2.48. The van der Waals surface area contributed by atoms with Crippen LogP contribution >= 0.6 is 11.8 Å². The van der Waals surface area contributed by atoms with Gasteiger partial charge in [-0.1, -0.05) is 44.0 Å². The molecule has 5 nitrogen and oxygen atoms in total. The molecule has 5 rings (SSSR count). The molecular formula is C40H60F5NO4S.